The minimum Gasteiger partial charge on any atom is -0.389 e. The Bertz CT molecular complexity index is 658. The van der Waals surface area contributed by atoms with Gasteiger partial charge in [-0.15, -0.1) is 0 Å². The number of hydrogen-bond acceptors (Lipinski definition) is 2. The molecule has 0 atom stereocenters. The van der Waals surface area contributed by atoms with E-state index >= 15 is 0 Å². The second-order valence-electron chi connectivity index (χ2n) is 4.68. The van der Waals surface area contributed by atoms with E-state index in [1.54, 1.807) is 24.3 Å². The van der Waals surface area contributed by atoms with Crippen LogP contribution in [0.3, 0.4) is 0 Å². The lowest BCUT2D eigenvalue weighted by Gasteiger charge is -2.24. The highest BCUT2D eigenvalue weighted by molar-refractivity contribution is 7.80. The predicted octanol–water partition coefficient (Wildman–Crippen LogP) is 3.63. The zero-order valence-corrected chi connectivity index (χ0v) is 12.5. The first-order valence-corrected chi connectivity index (χ1v) is 7.01. The van der Waals surface area contributed by atoms with E-state index in [-0.39, 0.29) is 10.8 Å². The second kappa shape index (κ2) is 6.63. The molecule has 2 nitrogen and oxygen atoms in total. The maximum Gasteiger partial charge on any atom is 0.146 e. The molecule has 2 aromatic carbocycles. The van der Waals surface area contributed by atoms with Crippen LogP contribution in [0.1, 0.15) is 18.1 Å². The van der Waals surface area contributed by atoms with E-state index in [9.17, 15) is 8.78 Å². The molecule has 2 aromatic rings. The molecule has 0 amide bonds. The van der Waals surface area contributed by atoms with Crippen molar-refractivity contribution in [2.75, 3.05) is 11.4 Å². The summed E-state index contributed by atoms with van der Waals surface area (Å²) in [6.07, 6.45) is 0. The number of rotatable bonds is 5. The highest BCUT2D eigenvalue weighted by atomic mass is 32.1. The molecule has 0 aliphatic rings. The second-order valence-corrected chi connectivity index (χ2v) is 5.12. The van der Waals surface area contributed by atoms with Crippen LogP contribution in [-0.2, 0) is 6.54 Å². The SMILES string of the molecule is CCN(Cc1cc(F)cc(C(N)=S)c1)c1ccccc1F. The molecule has 0 saturated carbocycles. The summed E-state index contributed by atoms with van der Waals surface area (Å²) in [5, 5.41) is 0. The standard InChI is InChI=1S/C16H16F2N2S/c1-2-20(15-6-4-3-5-14(15)18)10-11-7-12(16(19)21)9-13(17)8-11/h3-9H,2,10H2,1H3,(H2,19,21). The van der Waals surface area contributed by atoms with Crippen LogP contribution in [0.15, 0.2) is 42.5 Å². The van der Waals surface area contributed by atoms with Crippen LogP contribution < -0.4 is 10.6 Å². The van der Waals surface area contributed by atoms with E-state index in [4.69, 9.17) is 18.0 Å². The summed E-state index contributed by atoms with van der Waals surface area (Å²) in [5.41, 5.74) is 7.20. The number of hydrogen-bond donors (Lipinski definition) is 1. The molecule has 2 rings (SSSR count). The van der Waals surface area contributed by atoms with Crippen LogP contribution in [0.4, 0.5) is 14.5 Å². The average molecular weight is 306 g/mol. The Hall–Kier alpha value is -2.01. The van der Waals surface area contributed by atoms with Gasteiger partial charge in [-0.25, -0.2) is 8.78 Å². The fourth-order valence-corrected chi connectivity index (χ4v) is 2.30. The molecule has 0 spiro atoms. The number of nitrogens with zero attached hydrogens (tertiary/aromatic N) is 1. The molecule has 0 aliphatic carbocycles. The van der Waals surface area contributed by atoms with Crippen molar-refractivity contribution >= 4 is 22.9 Å². The van der Waals surface area contributed by atoms with Gasteiger partial charge >= 0.3 is 0 Å². The van der Waals surface area contributed by atoms with Gasteiger partial charge in [0.05, 0.1) is 5.69 Å². The molecule has 0 bridgehead atoms. The lowest BCUT2D eigenvalue weighted by atomic mass is 10.1. The molecule has 5 heteroatoms. The Morgan fingerprint density at radius 2 is 1.90 bits per heavy atom. The number of para-hydroxylation sites is 1. The van der Waals surface area contributed by atoms with E-state index in [0.29, 0.717) is 29.9 Å². The number of halogens is 2. The zero-order chi connectivity index (χ0) is 15.4. The van der Waals surface area contributed by atoms with Gasteiger partial charge in [0, 0.05) is 18.7 Å². The molecule has 2 N–H and O–H groups in total. The molecular formula is C16H16F2N2S. The van der Waals surface area contributed by atoms with Gasteiger partial charge in [-0.05, 0) is 42.8 Å². The summed E-state index contributed by atoms with van der Waals surface area (Å²) < 4.78 is 27.5. The normalized spacial score (nSPS) is 10.4. The van der Waals surface area contributed by atoms with Crippen LogP contribution >= 0.6 is 12.2 Å². The summed E-state index contributed by atoms with van der Waals surface area (Å²) in [7, 11) is 0. The summed E-state index contributed by atoms with van der Waals surface area (Å²) >= 11 is 4.88. The van der Waals surface area contributed by atoms with Gasteiger partial charge in [-0.1, -0.05) is 24.4 Å². The van der Waals surface area contributed by atoms with Gasteiger partial charge in [0.15, 0.2) is 0 Å². The fourth-order valence-electron chi connectivity index (χ4n) is 2.18. The Morgan fingerprint density at radius 1 is 1.19 bits per heavy atom. The topological polar surface area (TPSA) is 29.3 Å². The molecule has 0 saturated heterocycles. The van der Waals surface area contributed by atoms with Gasteiger partial charge in [-0.3, -0.25) is 0 Å². The zero-order valence-electron chi connectivity index (χ0n) is 11.6. The lowest BCUT2D eigenvalue weighted by Crippen LogP contribution is -2.23. The maximum atomic E-state index is 13.9. The van der Waals surface area contributed by atoms with E-state index < -0.39 is 5.82 Å². The van der Waals surface area contributed by atoms with Crippen LogP contribution in [0.25, 0.3) is 0 Å². The number of anilines is 1. The number of benzene rings is 2. The van der Waals surface area contributed by atoms with Crippen molar-refractivity contribution in [3.63, 3.8) is 0 Å². The molecule has 21 heavy (non-hydrogen) atoms. The van der Waals surface area contributed by atoms with Gasteiger partial charge in [-0.2, -0.15) is 0 Å². The predicted molar refractivity (Wildman–Crippen MR) is 85.4 cm³/mol. The Morgan fingerprint density at radius 3 is 2.52 bits per heavy atom. The fraction of sp³-hybridized carbons (Fsp3) is 0.188. The number of thiocarbonyl (C=S) groups is 1. The molecule has 0 aromatic heterocycles. The first kappa shape index (κ1) is 15.4. The van der Waals surface area contributed by atoms with Crippen molar-refractivity contribution in [1.82, 2.24) is 0 Å². The van der Waals surface area contributed by atoms with E-state index in [1.165, 1.54) is 18.2 Å². The molecular weight excluding hydrogens is 290 g/mol. The van der Waals surface area contributed by atoms with Crippen LogP contribution in [-0.4, -0.2) is 11.5 Å². The monoisotopic (exact) mass is 306 g/mol. The molecule has 0 unspecified atom stereocenters. The van der Waals surface area contributed by atoms with Crippen molar-refractivity contribution < 1.29 is 8.78 Å². The van der Waals surface area contributed by atoms with Gasteiger partial charge < -0.3 is 10.6 Å². The third kappa shape index (κ3) is 3.76. The number of nitrogens with two attached hydrogens (primary N) is 1. The third-order valence-electron chi connectivity index (χ3n) is 3.19. The summed E-state index contributed by atoms with van der Waals surface area (Å²) in [6, 6.07) is 11.0. The van der Waals surface area contributed by atoms with Crippen molar-refractivity contribution in [1.29, 1.82) is 0 Å². The quantitative estimate of drug-likeness (QED) is 0.855. The van der Waals surface area contributed by atoms with Crippen LogP contribution in [0.2, 0.25) is 0 Å². The minimum absolute atomic E-state index is 0.143. The molecule has 0 heterocycles. The maximum absolute atomic E-state index is 13.9. The lowest BCUT2D eigenvalue weighted by molar-refractivity contribution is 0.614. The Balaban J connectivity index is 2.31. The van der Waals surface area contributed by atoms with Gasteiger partial charge in [0.2, 0.25) is 0 Å². The van der Waals surface area contributed by atoms with Crippen LogP contribution in [0, 0.1) is 11.6 Å². The van der Waals surface area contributed by atoms with Crippen molar-refractivity contribution in [2.24, 2.45) is 5.73 Å². The minimum atomic E-state index is -0.403. The Labute approximate surface area is 128 Å². The molecule has 110 valence electrons. The third-order valence-corrected chi connectivity index (χ3v) is 3.43. The Kier molecular flexibility index (Phi) is 4.85. The van der Waals surface area contributed by atoms with E-state index in [1.807, 2.05) is 11.8 Å². The smallest absolute Gasteiger partial charge is 0.146 e. The summed E-state index contributed by atoms with van der Waals surface area (Å²) in [6.45, 7) is 2.89. The van der Waals surface area contributed by atoms with E-state index in [0.717, 1.165) is 0 Å². The summed E-state index contributed by atoms with van der Waals surface area (Å²) in [4.78, 5) is 1.97. The molecule has 0 aliphatic heterocycles. The molecule has 0 radical (unpaired) electrons. The average Bonchev–Trinajstić information content (AvgIpc) is 2.45. The highest BCUT2D eigenvalue weighted by Crippen LogP contribution is 2.21. The largest absolute Gasteiger partial charge is 0.389 e. The highest BCUT2D eigenvalue weighted by Gasteiger charge is 2.11. The first-order valence-electron chi connectivity index (χ1n) is 6.60. The van der Waals surface area contributed by atoms with Crippen molar-refractivity contribution in [3.8, 4) is 0 Å². The molecule has 0 fully saturated rings. The van der Waals surface area contributed by atoms with Crippen molar-refractivity contribution in [3.05, 3.63) is 65.2 Å². The van der Waals surface area contributed by atoms with Crippen LogP contribution in [0.5, 0.6) is 0 Å². The summed E-state index contributed by atoms with van der Waals surface area (Å²) in [5.74, 6) is -0.704. The van der Waals surface area contributed by atoms with Crippen molar-refractivity contribution in [2.45, 2.75) is 13.5 Å². The first-order chi connectivity index (χ1) is 10.0. The van der Waals surface area contributed by atoms with E-state index in [2.05, 4.69) is 0 Å². The van der Waals surface area contributed by atoms with Gasteiger partial charge in [0.1, 0.15) is 16.6 Å². The van der Waals surface area contributed by atoms with Gasteiger partial charge in [0.25, 0.3) is 0 Å².